The fourth-order valence-corrected chi connectivity index (χ4v) is 2.42. The maximum absolute atomic E-state index is 10.9. The molecule has 0 fully saturated rings. The quantitative estimate of drug-likeness (QED) is 0.662. The van der Waals surface area contributed by atoms with E-state index in [0.29, 0.717) is 0 Å². The van der Waals surface area contributed by atoms with Gasteiger partial charge in [0, 0.05) is 12.8 Å². The number of aliphatic hydroxyl groups is 1. The highest BCUT2D eigenvalue weighted by atomic mass is 32.2. The van der Waals surface area contributed by atoms with Crippen LogP contribution >= 0.6 is 0 Å². The molecular weight excluding hydrogens is 204 g/mol. The zero-order valence-electron chi connectivity index (χ0n) is 7.34. The predicted molar refractivity (Wildman–Crippen MR) is 50.3 cm³/mol. The minimum absolute atomic E-state index is 0.0397. The molecule has 0 spiro atoms. The summed E-state index contributed by atoms with van der Waals surface area (Å²) in [5, 5.41) is 9.71. The first-order valence-electron chi connectivity index (χ1n) is 4.19. The molecule has 0 atom stereocenters. The molecule has 5 heteroatoms. The molecule has 1 aromatic carbocycles. The summed E-state index contributed by atoms with van der Waals surface area (Å²) in [6.07, 6.45) is -0.0794. The highest BCUT2D eigenvalue weighted by Crippen LogP contribution is 2.33. The Bertz CT molecular complexity index is 438. The van der Waals surface area contributed by atoms with Gasteiger partial charge >= 0.3 is 0 Å². The fourth-order valence-electron chi connectivity index (χ4n) is 1.74. The molecular formula is C9H10O4S. The molecule has 1 aromatic rings. The third-order valence-corrected chi connectivity index (χ3v) is 3.78. The van der Waals surface area contributed by atoms with Crippen molar-refractivity contribution in [3.05, 3.63) is 35.4 Å². The second-order valence-electron chi connectivity index (χ2n) is 3.54. The van der Waals surface area contributed by atoms with Gasteiger partial charge in [-0.25, -0.2) is 0 Å². The summed E-state index contributed by atoms with van der Waals surface area (Å²) < 4.78 is 30.7. The summed E-state index contributed by atoms with van der Waals surface area (Å²) in [5.41, 5.74) is 1.54. The highest BCUT2D eigenvalue weighted by Gasteiger charge is 2.45. The molecule has 4 nitrogen and oxygen atoms in total. The molecule has 0 saturated heterocycles. The summed E-state index contributed by atoms with van der Waals surface area (Å²) in [6.45, 7) is 0. The molecule has 1 aliphatic carbocycles. The lowest BCUT2D eigenvalue weighted by atomic mass is 10.1. The summed E-state index contributed by atoms with van der Waals surface area (Å²) in [7, 11) is -4.41. The van der Waals surface area contributed by atoms with Crippen LogP contribution < -0.4 is 0 Å². The van der Waals surface area contributed by atoms with E-state index >= 15 is 0 Å². The molecule has 0 saturated carbocycles. The van der Waals surface area contributed by atoms with E-state index in [9.17, 15) is 13.5 Å². The SMILES string of the molecule is O=S(=O)(O)C1(O)Cc2ccccc2C1. The summed E-state index contributed by atoms with van der Waals surface area (Å²) in [6, 6.07) is 7.04. The third kappa shape index (κ3) is 1.33. The van der Waals surface area contributed by atoms with Gasteiger partial charge in [0.05, 0.1) is 0 Å². The molecule has 0 aliphatic heterocycles. The molecule has 0 aromatic heterocycles. The zero-order chi connectivity index (χ0) is 10.4. The Morgan fingerprint density at radius 2 is 1.57 bits per heavy atom. The average Bonchev–Trinajstić information content (AvgIpc) is 2.40. The number of fused-ring (bicyclic) bond motifs is 1. The van der Waals surface area contributed by atoms with Crippen LogP contribution in [0.25, 0.3) is 0 Å². The Hall–Kier alpha value is -0.910. The van der Waals surface area contributed by atoms with Crippen molar-refractivity contribution >= 4 is 10.1 Å². The Kier molecular flexibility index (Phi) is 1.92. The molecule has 14 heavy (non-hydrogen) atoms. The molecule has 2 rings (SSSR count). The summed E-state index contributed by atoms with van der Waals surface area (Å²) in [5.74, 6) is 0. The fraction of sp³-hybridized carbons (Fsp3) is 0.333. The van der Waals surface area contributed by atoms with Gasteiger partial charge < -0.3 is 5.11 Å². The largest absolute Gasteiger partial charge is 0.372 e. The molecule has 0 amide bonds. The Balaban J connectivity index is 2.45. The summed E-state index contributed by atoms with van der Waals surface area (Å²) in [4.78, 5) is -2.03. The van der Waals surface area contributed by atoms with E-state index in [-0.39, 0.29) is 12.8 Å². The molecule has 0 bridgehead atoms. The van der Waals surface area contributed by atoms with E-state index < -0.39 is 15.1 Å². The molecule has 2 N–H and O–H groups in total. The molecule has 0 unspecified atom stereocenters. The first-order chi connectivity index (χ1) is 6.42. The summed E-state index contributed by atoms with van der Waals surface area (Å²) >= 11 is 0. The van der Waals surface area contributed by atoms with Crippen LogP contribution in [0.15, 0.2) is 24.3 Å². The van der Waals surface area contributed by atoms with E-state index in [0.717, 1.165) is 11.1 Å². The Morgan fingerprint density at radius 3 is 1.93 bits per heavy atom. The van der Waals surface area contributed by atoms with Crippen LogP contribution in [0.2, 0.25) is 0 Å². The number of benzene rings is 1. The van der Waals surface area contributed by atoms with Gasteiger partial charge in [-0.05, 0) is 11.1 Å². The third-order valence-electron chi connectivity index (χ3n) is 2.53. The van der Waals surface area contributed by atoms with E-state index in [1.54, 1.807) is 24.3 Å². The zero-order valence-corrected chi connectivity index (χ0v) is 8.16. The first-order valence-corrected chi connectivity index (χ1v) is 5.63. The second kappa shape index (κ2) is 2.79. The van der Waals surface area contributed by atoms with Crippen molar-refractivity contribution in [2.24, 2.45) is 0 Å². The van der Waals surface area contributed by atoms with Gasteiger partial charge in [0.1, 0.15) is 0 Å². The van der Waals surface area contributed by atoms with Gasteiger partial charge in [-0.15, -0.1) is 0 Å². The number of hydrogen-bond acceptors (Lipinski definition) is 3. The van der Waals surface area contributed by atoms with E-state index in [1.807, 2.05) is 0 Å². The van der Waals surface area contributed by atoms with Crippen LogP contribution in [0.5, 0.6) is 0 Å². The van der Waals surface area contributed by atoms with Crippen LogP contribution in [-0.2, 0) is 23.0 Å². The van der Waals surface area contributed by atoms with E-state index in [2.05, 4.69) is 0 Å². The van der Waals surface area contributed by atoms with Gasteiger partial charge in [-0.1, -0.05) is 24.3 Å². The Morgan fingerprint density at radius 1 is 1.14 bits per heavy atom. The van der Waals surface area contributed by atoms with Crippen molar-refractivity contribution < 1.29 is 18.1 Å². The minimum atomic E-state index is -4.41. The van der Waals surface area contributed by atoms with Crippen LogP contribution in [0.4, 0.5) is 0 Å². The average molecular weight is 214 g/mol. The van der Waals surface area contributed by atoms with Crippen molar-refractivity contribution in [2.75, 3.05) is 0 Å². The monoisotopic (exact) mass is 214 g/mol. The van der Waals surface area contributed by atoms with Crippen molar-refractivity contribution in [3.8, 4) is 0 Å². The maximum Gasteiger partial charge on any atom is 0.295 e. The first kappa shape index (κ1) is 9.64. The maximum atomic E-state index is 10.9. The standard InChI is InChI=1S/C9H10O4S/c10-9(14(11,12)13)5-7-3-1-2-4-8(7)6-9/h1-4,10H,5-6H2,(H,11,12,13). The van der Waals surface area contributed by atoms with Crippen molar-refractivity contribution in [1.29, 1.82) is 0 Å². The molecule has 0 radical (unpaired) electrons. The number of rotatable bonds is 1. The topological polar surface area (TPSA) is 74.6 Å². The van der Waals surface area contributed by atoms with Crippen molar-refractivity contribution in [1.82, 2.24) is 0 Å². The van der Waals surface area contributed by atoms with Crippen molar-refractivity contribution in [2.45, 2.75) is 17.8 Å². The van der Waals surface area contributed by atoms with Crippen molar-refractivity contribution in [3.63, 3.8) is 0 Å². The lowest BCUT2D eigenvalue weighted by Crippen LogP contribution is -2.38. The van der Waals surface area contributed by atoms with Gasteiger partial charge in [0.25, 0.3) is 10.1 Å². The van der Waals surface area contributed by atoms with Gasteiger partial charge in [-0.3, -0.25) is 4.55 Å². The van der Waals surface area contributed by atoms with E-state index in [4.69, 9.17) is 4.55 Å². The second-order valence-corrected chi connectivity index (χ2v) is 5.25. The van der Waals surface area contributed by atoms with Gasteiger partial charge in [0.2, 0.25) is 0 Å². The molecule has 0 heterocycles. The van der Waals surface area contributed by atoms with Crippen LogP contribution in [0.3, 0.4) is 0 Å². The normalized spacial score (nSPS) is 19.3. The lowest BCUT2D eigenvalue weighted by molar-refractivity contribution is 0.124. The smallest absolute Gasteiger partial charge is 0.295 e. The number of hydrogen-bond donors (Lipinski definition) is 2. The van der Waals surface area contributed by atoms with Gasteiger partial charge in [0.15, 0.2) is 4.93 Å². The minimum Gasteiger partial charge on any atom is -0.372 e. The molecule has 1 aliphatic rings. The van der Waals surface area contributed by atoms with Crippen LogP contribution in [0.1, 0.15) is 11.1 Å². The predicted octanol–water partition coefficient (Wildman–Crippen LogP) is 0.362. The van der Waals surface area contributed by atoms with Gasteiger partial charge in [-0.2, -0.15) is 8.42 Å². The van der Waals surface area contributed by atoms with Crippen LogP contribution in [0, 0.1) is 0 Å². The van der Waals surface area contributed by atoms with Crippen LogP contribution in [-0.4, -0.2) is 23.0 Å². The highest BCUT2D eigenvalue weighted by molar-refractivity contribution is 7.87. The molecule has 76 valence electrons. The Labute approximate surface area is 81.9 Å². The lowest BCUT2D eigenvalue weighted by Gasteiger charge is -2.17. The van der Waals surface area contributed by atoms with E-state index in [1.165, 1.54) is 0 Å².